The van der Waals surface area contributed by atoms with Crippen molar-refractivity contribution in [2.24, 2.45) is 0 Å². The molecule has 5 nitrogen and oxygen atoms in total. The van der Waals surface area contributed by atoms with Crippen LogP contribution in [-0.2, 0) is 14.6 Å². The molecular formula is C9H19NO4S. The maximum absolute atomic E-state index is 11.1. The van der Waals surface area contributed by atoms with Crippen molar-refractivity contribution in [2.45, 2.75) is 32.3 Å². The van der Waals surface area contributed by atoms with Gasteiger partial charge in [-0.25, -0.2) is 8.42 Å². The van der Waals surface area contributed by atoms with Crippen LogP contribution in [0.2, 0.25) is 0 Å². The summed E-state index contributed by atoms with van der Waals surface area (Å²) in [6, 6.07) is 0. The third-order valence-electron chi connectivity index (χ3n) is 1.85. The molecule has 0 saturated heterocycles. The Balaban J connectivity index is 4.01. The van der Waals surface area contributed by atoms with Crippen LogP contribution in [0.4, 0.5) is 0 Å². The second kappa shape index (κ2) is 5.46. The molecule has 0 rings (SSSR count). The lowest BCUT2D eigenvalue weighted by atomic mass is 10.0. The Kier molecular flexibility index (Phi) is 5.23. The van der Waals surface area contributed by atoms with E-state index in [1.54, 1.807) is 6.92 Å². The predicted molar refractivity (Wildman–Crippen MR) is 58.3 cm³/mol. The van der Waals surface area contributed by atoms with Gasteiger partial charge < -0.3 is 10.4 Å². The Morgan fingerprint density at radius 3 is 2.40 bits per heavy atom. The summed E-state index contributed by atoms with van der Waals surface area (Å²) in [6.45, 7) is 3.61. The van der Waals surface area contributed by atoms with Crippen LogP contribution >= 0.6 is 0 Å². The van der Waals surface area contributed by atoms with Crippen molar-refractivity contribution < 1.29 is 18.3 Å². The van der Waals surface area contributed by atoms with Gasteiger partial charge in [0.05, 0.1) is 5.60 Å². The minimum absolute atomic E-state index is 0.0786. The first-order valence-corrected chi connectivity index (χ1v) is 6.89. The van der Waals surface area contributed by atoms with Crippen LogP contribution in [-0.4, -0.2) is 43.6 Å². The number of hydrogen-bond acceptors (Lipinski definition) is 4. The van der Waals surface area contributed by atoms with Crippen molar-refractivity contribution in [2.75, 3.05) is 18.6 Å². The van der Waals surface area contributed by atoms with Gasteiger partial charge in [-0.15, -0.1) is 0 Å². The fourth-order valence-corrected chi connectivity index (χ4v) is 1.78. The van der Waals surface area contributed by atoms with Gasteiger partial charge in [-0.3, -0.25) is 4.79 Å². The maximum Gasteiger partial charge on any atom is 0.235 e. The molecule has 1 atom stereocenters. The summed E-state index contributed by atoms with van der Waals surface area (Å²) in [7, 11) is -3.30. The summed E-state index contributed by atoms with van der Waals surface area (Å²) in [6.07, 6.45) is 2.36. The summed E-state index contributed by atoms with van der Waals surface area (Å²) in [5.74, 6) is -1.11. The van der Waals surface area contributed by atoms with Gasteiger partial charge in [0.1, 0.15) is 5.75 Å². The highest BCUT2D eigenvalue weighted by atomic mass is 32.2. The Bertz CT molecular complexity index is 308. The van der Waals surface area contributed by atoms with Crippen molar-refractivity contribution in [1.82, 2.24) is 5.32 Å². The highest BCUT2D eigenvalue weighted by Crippen LogP contribution is 2.09. The van der Waals surface area contributed by atoms with Crippen molar-refractivity contribution in [3.63, 3.8) is 0 Å². The number of hydrogen-bond donors (Lipinski definition) is 2. The molecule has 0 aliphatic heterocycles. The van der Waals surface area contributed by atoms with Gasteiger partial charge in [0.25, 0.3) is 0 Å². The molecule has 0 aromatic heterocycles. The van der Waals surface area contributed by atoms with Gasteiger partial charge in [-0.05, 0) is 13.3 Å². The molecule has 0 spiro atoms. The van der Waals surface area contributed by atoms with Gasteiger partial charge in [-0.1, -0.05) is 13.3 Å². The molecule has 90 valence electrons. The highest BCUT2D eigenvalue weighted by molar-refractivity contribution is 7.91. The van der Waals surface area contributed by atoms with Crippen LogP contribution in [0.1, 0.15) is 26.7 Å². The van der Waals surface area contributed by atoms with E-state index in [4.69, 9.17) is 0 Å². The molecular weight excluding hydrogens is 218 g/mol. The molecule has 2 N–H and O–H groups in total. The normalized spacial score (nSPS) is 15.7. The number of sulfone groups is 1. The van der Waals surface area contributed by atoms with E-state index >= 15 is 0 Å². The van der Waals surface area contributed by atoms with Crippen LogP contribution in [0.25, 0.3) is 0 Å². The number of carbonyl (C=O) groups is 1. The van der Waals surface area contributed by atoms with Gasteiger partial charge in [0, 0.05) is 12.8 Å². The number of carbonyl (C=O) groups excluding carboxylic acids is 1. The van der Waals surface area contributed by atoms with Crippen LogP contribution in [0.15, 0.2) is 0 Å². The van der Waals surface area contributed by atoms with E-state index in [-0.39, 0.29) is 6.54 Å². The third-order valence-corrected chi connectivity index (χ3v) is 2.63. The van der Waals surface area contributed by atoms with Crippen molar-refractivity contribution in [3.8, 4) is 0 Å². The van der Waals surface area contributed by atoms with Gasteiger partial charge >= 0.3 is 0 Å². The lowest BCUT2D eigenvalue weighted by Gasteiger charge is -2.22. The smallest absolute Gasteiger partial charge is 0.235 e. The second-order valence-corrected chi connectivity index (χ2v) is 6.23. The fraction of sp³-hybridized carbons (Fsp3) is 0.889. The molecule has 1 amide bonds. The standard InChI is InChI=1S/C9H19NO4S/c1-4-5-9(2,12)7-10-8(11)6-15(3,13)14/h12H,4-7H2,1-3H3,(H,10,11). The molecule has 0 heterocycles. The quantitative estimate of drug-likeness (QED) is 0.664. The zero-order valence-corrected chi connectivity index (χ0v) is 10.2. The number of nitrogens with one attached hydrogen (secondary N) is 1. The van der Waals surface area contributed by atoms with E-state index in [1.165, 1.54) is 0 Å². The average Bonchev–Trinajstić information content (AvgIpc) is 1.98. The molecule has 1 unspecified atom stereocenters. The molecule has 0 saturated carbocycles. The summed E-state index contributed by atoms with van der Waals surface area (Å²) < 4.78 is 21.5. The molecule has 0 bridgehead atoms. The molecule has 0 aromatic rings. The third kappa shape index (κ3) is 8.38. The van der Waals surface area contributed by atoms with E-state index in [9.17, 15) is 18.3 Å². The van der Waals surface area contributed by atoms with Crippen LogP contribution in [0, 0.1) is 0 Å². The molecule has 0 aliphatic rings. The molecule has 6 heteroatoms. The lowest BCUT2D eigenvalue weighted by molar-refractivity contribution is -0.119. The number of amides is 1. The highest BCUT2D eigenvalue weighted by Gasteiger charge is 2.20. The zero-order chi connectivity index (χ0) is 12.1. The summed E-state index contributed by atoms with van der Waals surface area (Å²) in [4.78, 5) is 11.1. The number of aliphatic hydroxyl groups is 1. The molecule has 15 heavy (non-hydrogen) atoms. The summed E-state index contributed by atoms with van der Waals surface area (Å²) in [5, 5.41) is 12.1. The van der Waals surface area contributed by atoms with Crippen molar-refractivity contribution >= 4 is 15.7 Å². The summed E-state index contributed by atoms with van der Waals surface area (Å²) in [5.41, 5.74) is -0.970. The molecule has 0 aliphatic carbocycles. The monoisotopic (exact) mass is 237 g/mol. The van der Waals surface area contributed by atoms with E-state index in [1.807, 2.05) is 6.92 Å². The SMILES string of the molecule is CCCC(C)(O)CNC(=O)CS(C)(=O)=O. The van der Waals surface area contributed by atoms with Gasteiger partial charge in [0.15, 0.2) is 9.84 Å². The minimum Gasteiger partial charge on any atom is -0.388 e. The first-order valence-electron chi connectivity index (χ1n) is 4.83. The largest absolute Gasteiger partial charge is 0.388 e. The van der Waals surface area contributed by atoms with E-state index < -0.39 is 27.1 Å². The molecule has 0 aromatic carbocycles. The first-order chi connectivity index (χ1) is 6.66. The maximum atomic E-state index is 11.1. The molecule has 0 fully saturated rings. The molecule has 0 radical (unpaired) electrons. The first kappa shape index (κ1) is 14.4. The minimum atomic E-state index is -3.30. The Morgan fingerprint density at radius 2 is 2.00 bits per heavy atom. The second-order valence-electron chi connectivity index (χ2n) is 4.09. The Hall–Kier alpha value is -0.620. The van der Waals surface area contributed by atoms with Gasteiger partial charge in [0.2, 0.25) is 5.91 Å². The van der Waals surface area contributed by atoms with E-state index in [0.29, 0.717) is 6.42 Å². The average molecular weight is 237 g/mol. The van der Waals surface area contributed by atoms with Crippen molar-refractivity contribution in [3.05, 3.63) is 0 Å². The van der Waals surface area contributed by atoms with E-state index in [0.717, 1.165) is 12.7 Å². The number of rotatable bonds is 6. The van der Waals surface area contributed by atoms with E-state index in [2.05, 4.69) is 5.32 Å². The van der Waals surface area contributed by atoms with Gasteiger partial charge in [-0.2, -0.15) is 0 Å². The van der Waals surface area contributed by atoms with Crippen LogP contribution < -0.4 is 5.32 Å². The topological polar surface area (TPSA) is 83.5 Å². The lowest BCUT2D eigenvalue weighted by Crippen LogP contribution is -2.42. The zero-order valence-electron chi connectivity index (χ0n) is 9.41. The Labute approximate surface area is 90.8 Å². The fourth-order valence-electron chi connectivity index (χ4n) is 1.21. The summed E-state index contributed by atoms with van der Waals surface area (Å²) >= 11 is 0. The van der Waals surface area contributed by atoms with Crippen LogP contribution in [0.5, 0.6) is 0 Å². The van der Waals surface area contributed by atoms with Crippen molar-refractivity contribution in [1.29, 1.82) is 0 Å². The Morgan fingerprint density at radius 1 is 1.47 bits per heavy atom. The van der Waals surface area contributed by atoms with Crippen LogP contribution in [0.3, 0.4) is 0 Å². The predicted octanol–water partition coefficient (Wildman–Crippen LogP) is -0.302.